The number of benzene rings is 1. The topological polar surface area (TPSA) is 59.3 Å². The molecule has 3 rings (SSSR count). The van der Waals surface area contributed by atoms with Crippen molar-refractivity contribution in [2.45, 2.75) is 25.3 Å². The van der Waals surface area contributed by atoms with Crippen molar-refractivity contribution in [2.24, 2.45) is 0 Å². The standard InChI is InChI=1S/C16H21N3O2/c1-21-15-7-3-2-6-13(15)14-8-9-17-16-12(5-4-10-20)11-18-19(14)16/h2-3,6-7,11,14,17,20H,4-5,8-10H2,1H3. The molecule has 0 fully saturated rings. The van der Waals surface area contributed by atoms with E-state index in [1.165, 1.54) is 11.1 Å². The maximum Gasteiger partial charge on any atom is 0.128 e. The Kier molecular flexibility index (Phi) is 4.10. The van der Waals surface area contributed by atoms with Crippen molar-refractivity contribution in [2.75, 3.05) is 25.6 Å². The number of hydrogen-bond acceptors (Lipinski definition) is 4. The zero-order valence-corrected chi connectivity index (χ0v) is 12.2. The number of ether oxygens (including phenoxy) is 1. The molecular weight excluding hydrogens is 266 g/mol. The summed E-state index contributed by atoms with van der Waals surface area (Å²) in [6, 6.07) is 8.32. The smallest absolute Gasteiger partial charge is 0.128 e. The number of aliphatic hydroxyl groups excluding tert-OH is 1. The minimum atomic E-state index is 0.195. The highest BCUT2D eigenvalue weighted by molar-refractivity contribution is 5.48. The van der Waals surface area contributed by atoms with E-state index in [1.807, 2.05) is 29.1 Å². The van der Waals surface area contributed by atoms with E-state index in [0.717, 1.165) is 37.4 Å². The van der Waals surface area contributed by atoms with Crippen molar-refractivity contribution < 1.29 is 9.84 Å². The zero-order chi connectivity index (χ0) is 14.7. The number of aliphatic hydroxyl groups is 1. The predicted octanol–water partition coefficient (Wildman–Crippen LogP) is 2.22. The molecule has 1 atom stereocenters. The molecule has 5 nitrogen and oxygen atoms in total. The van der Waals surface area contributed by atoms with Crippen molar-refractivity contribution in [3.63, 3.8) is 0 Å². The first-order chi connectivity index (χ1) is 10.3. The molecule has 1 aromatic carbocycles. The number of nitrogens with one attached hydrogen (secondary N) is 1. The van der Waals surface area contributed by atoms with Crippen LogP contribution in [0.5, 0.6) is 5.75 Å². The summed E-state index contributed by atoms with van der Waals surface area (Å²) >= 11 is 0. The molecule has 1 aliphatic heterocycles. The highest BCUT2D eigenvalue weighted by Gasteiger charge is 2.26. The number of hydrogen-bond donors (Lipinski definition) is 2. The van der Waals surface area contributed by atoms with E-state index in [1.54, 1.807) is 7.11 Å². The molecule has 2 heterocycles. The average Bonchev–Trinajstić information content (AvgIpc) is 2.96. The van der Waals surface area contributed by atoms with Gasteiger partial charge in [0.1, 0.15) is 11.6 Å². The normalized spacial score (nSPS) is 17.1. The predicted molar refractivity (Wildman–Crippen MR) is 81.9 cm³/mol. The molecular formula is C16H21N3O2. The largest absolute Gasteiger partial charge is 0.496 e. The van der Waals surface area contributed by atoms with Crippen LogP contribution in [0.2, 0.25) is 0 Å². The molecule has 1 unspecified atom stereocenters. The van der Waals surface area contributed by atoms with E-state index in [9.17, 15) is 0 Å². The van der Waals surface area contributed by atoms with Crippen LogP contribution in [0.15, 0.2) is 30.5 Å². The molecule has 0 bridgehead atoms. The second-order valence-corrected chi connectivity index (χ2v) is 5.26. The number of aromatic nitrogens is 2. The van der Waals surface area contributed by atoms with Crippen LogP contribution in [0.4, 0.5) is 5.82 Å². The number of aryl methyl sites for hydroxylation is 1. The van der Waals surface area contributed by atoms with Crippen molar-refractivity contribution in [1.29, 1.82) is 0 Å². The average molecular weight is 287 g/mol. The summed E-state index contributed by atoms with van der Waals surface area (Å²) in [6.07, 6.45) is 4.50. The van der Waals surface area contributed by atoms with E-state index >= 15 is 0 Å². The van der Waals surface area contributed by atoms with Gasteiger partial charge in [0.25, 0.3) is 0 Å². The van der Waals surface area contributed by atoms with Gasteiger partial charge < -0.3 is 15.2 Å². The van der Waals surface area contributed by atoms with Crippen LogP contribution in [-0.4, -0.2) is 35.1 Å². The molecule has 0 spiro atoms. The molecule has 112 valence electrons. The fourth-order valence-electron chi connectivity index (χ4n) is 2.96. The number of para-hydroxylation sites is 1. The highest BCUT2D eigenvalue weighted by atomic mass is 16.5. The van der Waals surface area contributed by atoms with Crippen LogP contribution in [0.3, 0.4) is 0 Å². The number of rotatable bonds is 5. The van der Waals surface area contributed by atoms with Gasteiger partial charge in [-0.15, -0.1) is 0 Å². The monoisotopic (exact) mass is 287 g/mol. The van der Waals surface area contributed by atoms with Gasteiger partial charge in [0.15, 0.2) is 0 Å². The van der Waals surface area contributed by atoms with Crippen LogP contribution < -0.4 is 10.1 Å². The van der Waals surface area contributed by atoms with Crippen LogP contribution in [0.25, 0.3) is 0 Å². The third-order valence-corrected chi connectivity index (χ3v) is 3.98. The lowest BCUT2D eigenvalue weighted by Gasteiger charge is -2.27. The molecule has 1 aliphatic rings. The van der Waals surface area contributed by atoms with Crippen LogP contribution in [0.1, 0.15) is 30.0 Å². The minimum absolute atomic E-state index is 0.195. The third kappa shape index (κ3) is 2.61. The first-order valence-corrected chi connectivity index (χ1v) is 7.39. The van der Waals surface area contributed by atoms with Gasteiger partial charge in [0.05, 0.1) is 19.3 Å². The summed E-state index contributed by atoms with van der Waals surface area (Å²) in [4.78, 5) is 0. The van der Waals surface area contributed by atoms with Gasteiger partial charge in [-0.3, -0.25) is 0 Å². The Morgan fingerprint density at radius 3 is 3.10 bits per heavy atom. The summed E-state index contributed by atoms with van der Waals surface area (Å²) in [5.41, 5.74) is 2.34. The molecule has 1 aromatic heterocycles. The van der Waals surface area contributed by atoms with E-state index in [0.29, 0.717) is 0 Å². The molecule has 0 saturated carbocycles. The number of anilines is 1. The molecule has 0 saturated heterocycles. The van der Waals surface area contributed by atoms with Gasteiger partial charge in [-0.1, -0.05) is 18.2 Å². The van der Waals surface area contributed by atoms with Crippen molar-refractivity contribution in [1.82, 2.24) is 9.78 Å². The van der Waals surface area contributed by atoms with Crippen molar-refractivity contribution >= 4 is 5.82 Å². The summed E-state index contributed by atoms with van der Waals surface area (Å²) in [7, 11) is 1.70. The molecule has 2 aromatic rings. The Morgan fingerprint density at radius 2 is 2.29 bits per heavy atom. The van der Waals surface area contributed by atoms with Crippen LogP contribution in [-0.2, 0) is 6.42 Å². The van der Waals surface area contributed by atoms with Gasteiger partial charge in [-0.2, -0.15) is 5.10 Å². The van der Waals surface area contributed by atoms with Crippen LogP contribution >= 0.6 is 0 Å². The van der Waals surface area contributed by atoms with E-state index in [-0.39, 0.29) is 12.6 Å². The van der Waals surface area contributed by atoms with Gasteiger partial charge in [-0.25, -0.2) is 4.68 Å². The number of fused-ring (bicyclic) bond motifs is 1. The van der Waals surface area contributed by atoms with E-state index in [4.69, 9.17) is 9.84 Å². The Balaban J connectivity index is 1.95. The number of nitrogens with zero attached hydrogens (tertiary/aromatic N) is 2. The second-order valence-electron chi connectivity index (χ2n) is 5.26. The van der Waals surface area contributed by atoms with Gasteiger partial charge in [-0.05, 0) is 25.3 Å². The third-order valence-electron chi connectivity index (χ3n) is 3.98. The summed E-state index contributed by atoms with van der Waals surface area (Å²) < 4.78 is 7.54. The molecule has 2 N–H and O–H groups in total. The SMILES string of the molecule is COc1ccccc1C1CCNc2c(CCCO)cnn21. The second kappa shape index (κ2) is 6.18. The van der Waals surface area contributed by atoms with Crippen molar-refractivity contribution in [3.8, 4) is 5.75 Å². The molecule has 0 radical (unpaired) electrons. The zero-order valence-electron chi connectivity index (χ0n) is 12.2. The maximum atomic E-state index is 9.00. The van der Waals surface area contributed by atoms with Crippen LogP contribution in [0, 0.1) is 0 Å². The lowest BCUT2D eigenvalue weighted by atomic mass is 10.0. The summed E-state index contributed by atoms with van der Waals surface area (Å²) in [6.45, 7) is 1.13. The van der Waals surface area contributed by atoms with Gasteiger partial charge >= 0.3 is 0 Å². The number of methoxy groups -OCH3 is 1. The van der Waals surface area contributed by atoms with Crippen molar-refractivity contribution in [3.05, 3.63) is 41.6 Å². The summed E-state index contributed by atoms with van der Waals surface area (Å²) in [5, 5.41) is 17.0. The fraction of sp³-hybridized carbons (Fsp3) is 0.438. The van der Waals surface area contributed by atoms with E-state index < -0.39 is 0 Å². The lowest BCUT2D eigenvalue weighted by molar-refractivity contribution is 0.288. The Hall–Kier alpha value is -2.01. The molecule has 5 heteroatoms. The first kappa shape index (κ1) is 13.9. The maximum absolute atomic E-state index is 9.00. The Morgan fingerprint density at radius 1 is 1.43 bits per heavy atom. The molecule has 0 amide bonds. The van der Waals surface area contributed by atoms with Gasteiger partial charge in [0, 0.05) is 24.3 Å². The molecule has 0 aliphatic carbocycles. The first-order valence-electron chi connectivity index (χ1n) is 7.39. The highest BCUT2D eigenvalue weighted by Crippen LogP contribution is 2.35. The minimum Gasteiger partial charge on any atom is -0.496 e. The van der Waals surface area contributed by atoms with E-state index in [2.05, 4.69) is 16.5 Å². The molecule has 21 heavy (non-hydrogen) atoms. The quantitative estimate of drug-likeness (QED) is 0.885. The Labute approximate surface area is 124 Å². The lowest BCUT2D eigenvalue weighted by Crippen LogP contribution is -2.25. The Bertz CT molecular complexity index is 609. The fourth-order valence-corrected chi connectivity index (χ4v) is 2.96. The van der Waals surface area contributed by atoms with Gasteiger partial charge in [0.2, 0.25) is 0 Å². The summed E-state index contributed by atoms with van der Waals surface area (Å²) in [5.74, 6) is 1.98.